The summed E-state index contributed by atoms with van der Waals surface area (Å²) in [5, 5.41) is 8.64. The number of alkyl halides is 2. The monoisotopic (exact) mass is 307 g/mol. The van der Waals surface area contributed by atoms with Gasteiger partial charge in [-0.1, -0.05) is 6.07 Å². The summed E-state index contributed by atoms with van der Waals surface area (Å²) in [4.78, 5) is 10.5. The average Bonchev–Trinajstić information content (AvgIpc) is 2.39. The summed E-state index contributed by atoms with van der Waals surface area (Å²) < 4.78 is 33.6. The minimum atomic E-state index is -2.92. The summed E-state index contributed by atoms with van der Waals surface area (Å²) >= 11 is 1.33. The zero-order valence-electron chi connectivity index (χ0n) is 10.7. The fourth-order valence-electron chi connectivity index (χ4n) is 1.37. The first-order valence-corrected chi connectivity index (χ1v) is 6.77. The van der Waals surface area contributed by atoms with Crippen molar-refractivity contribution >= 4 is 17.7 Å². The highest BCUT2D eigenvalue weighted by atomic mass is 32.2. The van der Waals surface area contributed by atoms with Crippen LogP contribution in [0.25, 0.3) is 0 Å². The number of aliphatic carboxylic acids is 1. The van der Waals surface area contributed by atoms with Crippen molar-refractivity contribution in [2.45, 2.75) is 18.4 Å². The van der Waals surface area contributed by atoms with Gasteiger partial charge in [-0.2, -0.15) is 20.5 Å². The largest absolute Gasteiger partial charge is 0.493 e. The molecule has 0 aliphatic carbocycles. The molecule has 3 N–H and O–H groups in total. The number of carboxylic acid groups (broad SMARTS) is 1. The van der Waals surface area contributed by atoms with Crippen molar-refractivity contribution < 1.29 is 28.2 Å². The van der Waals surface area contributed by atoms with Crippen LogP contribution in [0.4, 0.5) is 8.78 Å². The molecule has 1 aromatic carbocycles. The molecule has 1 aromatic rings. The van der Waals surface area contributed by atoms with Crippen molar-refractivity contribution in [1.29, 1.82) is 0 Å². The zero-order valence-corrected chi connectivity index (χ0v) is 11.5. The Labute approximate surface area is 119 Å². The lowest BCUT2D eigenvalue weighted by molar-refractivity contribution is -0.137. The summed E-state index contributed by atoms with van der Waals surface area (Å²) in [5.41, 5.74) is 6.16. The van der Waals surface area contributed by atoms with E-state index in [-0.39, 0.29) is 17.3 Å². The first-order valence-electron chi connectivity index (χ1n) is 5.62. The molecule has 0 heterocycles. The molecular weight excluding hydrogens is 292 g/mol. The molecule has 0 spiro atoms. The van der Waals surface area contributed by atoms with Crippen LogP contribution >= 0.6 is 11.8 Å². The second-order valence-electron chi connectivity index (χ2n) is 3.82. The topological polar surface area (TPSA) is 81.8 Å². The van der Waals surface area contributed by atoms with Gasteiger partial charge in [-0.25, -0.2) is 0 Å². The molecular formula is C12H15F2NO4S. The molecule has 0 fully saturated rings. The van der Waals surface area contributed by atoms with Crippen molar-refractivity contribution in [1.82, 2.24) is 0 Å². The summed E-state index contributed by atoms with van der Waals surface area (Å²) in [6.07, 6.45) is 0. The van der Waals surface area contributed by atoms with Crippen LogP contribution in [0.5, 0.6) is 11.5 Å². The molecule has 0 aliphatic rings. The summed E-state index contributed by atoms with van der Waals surface area (Å²) in [5.74, 6) is -0.153. The quantitative estimate of drug-likeness (QED) is 0.764. The van der Waals surface area contributed by atoms with E-state index >= 15 is 0 Å². The Morgan fingerprint density at radius 3 is 2.70 bits per heavy atom. The second kappa shape index (κ2) is 7.91. The Balaban J connectivity index is 2.61. The Morgan fingerprint density at radius 2 is 2.15 bits per heavy atom. The second-order valence-corrected chi connectivity index (χ2v) is 4.85. The molecule has 0 radical (unpaired) electrons. The fraction of sp³-hybridized carbons (Fsp3) is 0.417. The third-order valence-corrected chi connectivity index (χ3v) is 3.46. The first kappa shape index (κ1) is 16.5. The Kier molecular flexibility index (Phi) is 6.53. The number of nitrogens with two attached hydrogens (primary N) is 1. The molecule has 20 heavy (non-hydrogen) atoms. The van der Waals surface area contributed by atoms with Gasteiger partial charge in [-0.3, -0.25) is 4.79 Å². The Bertz CT molecular complexity index is 459. The standard InChI is InChI=1S/C12H15F2NO4S/c1-18-10-4-7(2-3-9(10)19-12(13)14)5-20-6-8(15)11(16)17/h2-4,8,12H,5-6,15H2,1H3,(H,16,17). The summed E-state index contributed by atoms with van der Waals surface area (Å²) in [6.45, 7) is -2.92. The van der Waals surface area contributed by atoms with Crippen molar-refractivity contribution in [3.63, 3.8) is 0 Å². The van der Waals surface area contributed by atoms with E-state index in [9.17, 15) is 13.6 Å². The van der Waals surface area contributed by atoms with Gasteiger partial charge < -0.3 is 20.3 Å². The molecule has 1 unspecified atom stereocenters. The first-order chi connectivity index (χ1) is 9.43. The van der Waals surface area contributed by atoms with Crippen LogP contribution < -0.4 is 15.2 Å². The van der Waals surface area contributed by atoms with Crippen molar-refractivity contribution in [3.8, 4) is 11.5 Å². The predicted molar refractivity (Wildman–Crippen MR) is 71.4 cm³/mol. The molecule has 112 valence electrons. The molecule has 0 amide bonds. The number of rotatable bonds is 8. The number of benzene rings is 1. The van der Waals surface area contributed by atoms with E-state index in [1.807, 2.05) is 0 Å². The highest BCUT2D eigenvalue weighted by Gasteiger charge is 2.13. The molecule has 0 bridgehead atoms. The minimum absolute atomic E-state index is 0.0431. The summed E-state index contributed by atoms with van der Waals surface area (Å²) in [6, 6.07) is 3.64. The van der Waals surface area contributed by atoms with Gasteiger partial charge in [0.25, 0.3) is 0 Å². The lowest BCUT2D eigenvalue weighted by Gasteiger charge is -2.11. The van der Waals surface area contributed by atoms with Gasteiger partial charge in [0.15, 0.2) is 11.5 Å². The van der Waals surface area contributed by atoms with Crippen LogP contribution in [0.2, 0.25) is 0 Å². The Morgan fingerprint density at radius 1 is 1.45 bits per heavy atom. The lowest BCUT2D eigenvalue weighted by Crippen LogP contribution is -2.32. The van der Waals surface area contributed by atoms with Crippen LogP contribution in [0.1, 0.15) is 5.56 Å². The molecule has 5 nitrogen and oxygen atoms in total. The molecule has 0 aromatic heterocycles. The summed E-state index contributed by atoms with van der Waals surface area (Å²) in [7, 11) is 1.35. The van der Waals surface area contributed by atoms with Gasteiger partial charge in [0.05, 0.1) is 7.11 Å². The van der Waals surface area contributed by atoms with Crippen LogP contribution in [0.3, 0.4) is 0 Å². The van der Waals surface area contributed by atoms with E-state index < -0.39 is 18.6 Å². The van der Waals surface area contributed by atoms with E-state index in [0.29, 0.717) is 5.75 Å². The Hall–Kier alpha value is -1.54. The fourth-order valence-corrected chi connectivity index (χ4v) is 2.30. The normalized spacial score (nSPS) is 12.2. The van der Waals surface area contributed by atoms with Gasteiger partial charge >= 0.3 is 12.6 Å². The third-order valence-electron chi connectivity index (χ3n) is 2.33. The van der Waals surface area contributed by atoms with Gasteiger partial charge in [-0.15, -0.1) is 0 Å². The number of hydrogen-bond donors (Lipinski definition) is 2. The number of halogens is 2. The molecule has 0 saturated carbocycles. The van der Waals surface area contributed by atoms with Crippen LogP contribution in [0, 0.1) is 0 Å². The van der Waals surface area contributed by atoms with Gasteiger partial charge in [0.1, 0.15) is 6.04 Å². The van der Waals surface area contributed by atoms with E-state index in [0.717, 1.165) is 5.56 Å². The number of hydrogen-bond acceptors (Lipinski definition) is 5. The van der Waals surface area contributed by atoms with Gasteiger partial charge in [-0.05, 0) is 17.7 Å². The van der Waals surface area contributed by atoms with E-state index in [4.69, 9.17) is 15.6 Å². The number of ether oxygens (including phenoxy) is 2. The maximum Gasteiger partial charge on any atom is 0.387 e. The van der Waals surface area contributed by atoms with E-state index in [2.05, 4.69) is 4.74 Å². The number of methoxy groups -OCH3 is 1. The highest BCUT2D eigenvalue weighted by Crippen LogP contribution is 2.30. The van der Waals surface area contributed by atoms with Crippen LogP contribution in [-0.2, 0) is 10.5 Å². The van der Waals surface area contributed by atoms with Gasteiger partial charge in [0, 0.05) is 11.5 Å². The van der Waals surface area contributed by atoms with Crippen LogP contribution in [-0.4, -0.2) is 36.6 Å². The molecule has 1 atom stereocenters. The lowest BCUT2D eigenvalue weighted by atomic mass is 10.2. The average molecular weight is 307 g/mol. The van der Waals surface area contributed by atoms with Crippen molar-refractivity contribution in [2.24, 2.45) is 5.73 Å². The maximum absolute atomic E-state index is 12.2. The highest BCUT2D eigenvalue weighted by molar-refractivity contribution is 7.98. The predicted octanol–water partition coefficient (Wildman–Crippen LogP) is 1.94. The van der Waals surface area contributed by atoms with Gasteiger partial charge in [0.2, 0.25) is 0 Å². The van der Waals surface area contributed by atoms with Crippen molar-refractivity contribution in [2.75, 3.05) is 12.9 Å². The number of carboxylic acids is 1. The molecule has 8 heteroatoms. The number of thioether (sulfide) groups is 1. The van der Waals surface area contributed by atoms with Crippen molar-refractivity contribution in [3.05, 3.63) is 23.8 Å². The molecule has 0 aliphatic heterocycles. The SMILES string of the molecule is COc1cc(CSCC(N)C(=O)O)ccc1OC(F)F. The van der Waals surface area contributed by atoms with E-state index in [1.165, 1.54) is 24.9 Å². The molecule has 0 saturated heterocycles. The zero-order chi connectivity index (χ0) is 15.1. The third kappa shape index (κ3) is 5.22. The maximum atomic E-state index is 12.2. The minimum Gasteiger partial charge on any atom is -0.493 e. The smallest absolute Gasteiger partial charge is 0.387 e. The van der Waals surface area contributed by atoms with E-state index in [1.54, 1.807) is 12.1 Å². The van der Waals surface area contributed by atoms with Crippen LogP contribution in [0.15, 0.2) is 18.2 Å². The number of carbonyl (C=O) groups is 1. The molecule has 1 rings (SSSR count).